The predicted octanol–water partition coefficient (Wildman–Crippen LogP) is 3.21. The van der Waals surface area contributed by atoms with Crippen molar-refractivity contribution in [2.24, 2.45) is 0 Å². The first-order valence-corrected chi connectivity index (χ1v) is 16.8. The number of carbonyl (C=O) groups is 2. The quantitative estimate of drug-likeness (QED) is 0.0834. The predicted molar refractivity (Wildman–Crippen MR) is 174 cm³/mol. The van der Waals surface area contributed by atoms with Gasteiger partial charge in [0.2, 0.25) is 7.44 Å². The van der Waals surface area contributed by atoms with Crippen LogP contribution in [0.15, 0.2) is 29.1 Å². The van der Waals surface area contributed by atoms with Crippen LogP contribution in [0.3, 0.4) is 0 Å². The van der Waals surface area contributed by atoms with Crippen LogP contribution >= 0.6 is 7.44 Å². The molecule has 16 nitrogen and oxygen atoms in total. The standard InChI is InChI=1S/C30H46N7O9P/c1-18(25(38)45-29(3,4)5)35-47(42,37(41)19(2)26(39)46-30(6,7)8)17-21-12-10-11-20(15-21)16-36-24-22(32-28(36)40)23(31)33-27(34-24)44-14-13-43-9/h10-12,15,18-19,41H,13-14,16-17H2,1-9H3,(H,32,40)(H,35,42)(H2,31,33,34). The molecule has 0 aliphatic heterocycles. The molecule has 2 aromatic heterocycles. The molecule has 0 saturated carbocycles. The van der Waals surface area contributed by atoms with E-state index in [1.807, 2.05) is 0 Å². The second kappa shape index (κ2) is 14.9. The molecule has 3 aromatic rings. The maximum atomic E-state index is 14.6. The lowest BCUT2D eigenvalue weighted by molar-refractivity contribution is -0.168. The fraction of sp³-hybridized carbons (Fsp3) is 0.567. The average molecular weight is 680 g/mol. The zero-order valence-corrected chi connectivity index (χ0v) is 29.2. The molecule has 0 fully saturated rings. The number of benzene rings is 1. The molecule has 47 heavy (non-hydrogen) atoms. The molecule has 2 heterocycles. The lowest BCUT2D eigenvalue weighted by Crippen LogP contribution is -2.45. The third kappa shape index (κ3) is 10.3. The number of esters is 2. The van der Waals surface area contributed by atoms with Gasteiger partial charge in [-0.1, -0.05) is 24.3 Å². The third-order valence-electron chi connectivity index (χ3n) is 6.46. The molecule has 3 rings (SSSR count). The Morgan fingerprint density at radius 2 is 1.68 bits per heavy atom. The first-order chi connectivity index (χ1) is 21.7. The SMILES string of the molecule is COCCOc1nc(N)c2[nH]c(=O)n(Cc3cccc(CP(=O)(NC(C)C(=O)OC(C)(C)C)N(O)C(C)C(=O)OC(C)(C)C)c3)c2n1. The van der Waals surface area contributed by atoms with Gasteiger partial charge in [0.1, 0.15) is 35.4 Å². The van der Waals surface area contributed by atoms with Crippen LogP contribution in [0.5, 0.6) is 6.01 Å². The number of nitrogens with zero attached hydrogens (tertiary/aromatic N) is 4. The van der Waals surface area contributed by atoms with Crippen molar-refractivity contribution in [1.82, 2.24) is 29.4 Å². The molecule has 1 aromatic carbocycles. The van der Waals surface area contributed by atoms with E-state index in [9.17, 15) is 24.2 Å². The fourth-order valence-corrected chi connectivity index (χ4v) is 6.81. The number of nitrogens with one attached hydrogen (secondary N) is 2. The van der Waals surface area contributed by atoms with Gasteiger partial charge in [-0.2, -0.15) is 9.97 Å². The Labute approximate surface area is 273 Å². The van der Waals surface area contributed by atoms with Crippen molar-refractivity contribution in [3.05, 3.63) is 45.9 Å². The van der Waals surface area contributed by atoms with Gasteiger partial charge in [-0.05, 0) is 66.5 Å². The summed E-state index contributed by atoms with van der Waals surface area (Å²) in [5.41, 5.74) is 5.41. The summed E-state index contributed by atoms with van der Waals surface area (Å²) >= 11 is 0. The molecule has 0 aliphatic carbocycles. The average Bonchev–Trinajstić information content (AvgIpc) is 3.25. The van der Waals surface area contributed by atoms with E-state index in [0.29, 0.717) is 22.6 Å². The molecule has 5 N–H and O–H groups in total. The van der Waals surface area contributed by atoms with E-state index in [1.165, 1.54) is 25.5 Å². The number of hydrogen-bond acceptors (Lipinski definition) is 12. The van der Waals surface area contributed by atoms with Crippen LogP contribution in [-0.2, 0) is 41.1 Å². The summed E-state index contributed by atoms with van der Waals surface area (Å²) in [4.78, 5) is 50.1. The molecular formula is C30H46N7O9P. The highest BCUT2D eigenvalue weighted by atomic mass is 31.2. The number of nitrogen functional groups attached to an aromatic ring is 1. The molecule has 0 radical (unpaired) electrons. The number of methoxy groups -OCH3 is 1. The van der Waals surface area contributed by atoms with E-state index in [2.05, 4.69) is 20.0 Å². The number of rotatable bonds is 14. The molecule has 3 unspecified atom stereocenters. The van der Waals surface area contributed by atoms with Gasteiger partial charge in [0.05, 0.1) is 19.3 Å². The van der Waals surface area contributed by atoms with Crippen LogP contribution in [0.2, 0.25) is 0 Å². The highest BCUT2D eigenvalue weighted by Gasteiger charge is 2.41. The minimum absolute atomic E-state index is 0.0261. The number of hydroxylamine groups is 1. The summed E-state index contributed by atoms with van der Waals surface area (Å²) in [6, 6.07) is 4.27. The van der Waals surface area contributed by atoms with Gasteiger partial charge in [0.15, 0.2) is 11.5 Å². The van der Waals surface area contributed by atoms with E-state index in [1.54, 1.807) is 65.8 Å². The van der Waals surface area contributed by atoms with E-state index >= 15 is 0 Å². The minimum Gasteiger partial charge on any atom is -0.461 e. The summed E-state index contributed by atoms with van der Waals surface area (Å²) in [5, 5.41) is 14.0. The largest absolute Gasteiger partial charge is 0.461 e. The van der Waals surface area contributed by atoms with Crippen LogP contribution in [-0.4, -0.2) is 85.1 Å². The lowest BCUT2D eigenvalue weighted by Gasteiger charge is -2.34. The maximum absolute atomic E-state index is 14.6. The van der Waals surface area contributed by atoms with Gasteiger partial charge in [-0.15, -0.1) is 4.83 Å². The normalized spacial score (nSPS) is 14.9. The molecule has 260 valence electrons. The second-order valence-corrected chi connectivity index (χ2v) is 15.4. The van der Waals surface area contributed by atoms with Crippen LogP contribution < -0.4 is 21.2 Å². The van der Waals surface area contributed by atoms with Crippen molar-refractivity contribution in [3.8, 4) is 6.01 Å². The van der Waals surface area contributed by atoms with E-state index in [-0.39, 0.29) is 42.3 Å². The number of aromatic amines is 1. The summed E-state index contributed by atoms with van der Waals surface area (Å²) in [6.45, 7) is 13.4. The van der Waals surface area contributed by atoms with Gasteiger partial charge < -0.3 is 34.9 Å². The molecule has 0 saturated heterocycles. The molecule has 0 aliphatic rings. The van der Waals surface area contributed by atoms with Crippen molar-refractivity contribution >= 4 is 36.4 Å². The van der Waals surface area contributed by atoms with Crippen LogP contribution in [0, 0.1) is 0 Å². The van der Waals surface area contributed by atoms with Crippen molar-refractivity contribution < 1.29 is 38.3 Å². The lowest BCUT2D eigenvalue weighted by atomic mass is 10.1. The first kappa shape index (κ1) is 37.6. The van der Waals surface area contributed by atoms with Gasteiger partial charge in [-0.25, -0.2) is 9.88 Å². The Bertz CT molecular complexity index is 1680. The van der Waals surface area contributed by atoms with Crippen molar-refractivity contribution in [3.63, 3.8) is 0 Å². The summed E-state index contributed by atoms with van der Waals surface area (Å²) in [6.07, 6.45) is -0.312. The van der Waals surface area contributed by atoms with Crippen molar-refractivity contribution in [1.29, 1.82) is 0 Å². The summed E-state index contributed by atoms with van der Waals surface area (Å²) in [5.74, 6) is -1.48. The number of H-pyrrole nitrogens is 1. The fourth-order valence-electron chi connectivity index (χ4n) is 4.40. The van der Waals surface area contributed by atoms with E-state index in [4.69, 9.17) is 24.7 Å². The van der Waals surface area contributed by atoms with E-state index < -0.39 is 48.4 Å². The smallest absolute Gasteiger partial charge is 0.328 e. The van der Waals surface area contributed by atoms with Crippen molar-refractivity contribution in [2.75, 3.05) is 26.1 Å². The maximum Gasteiger partial charge on any atom is 0.328 e. The number of imidazole rings is 1. The molecule has 3 atom stereocenters. The Kier molecular flexibility index (Phi) is 12.0. The Hall–Kier alpha value is -3.82. The molecule has 0 spiro atoms. The number of nitrogens with two attached hydrogens (primary N) is 1. The number of anilines is 1. The topological polar surface area (TPSA) is 213 Å². The molecule has 0 bridgehead atoms. The molecular weight excluding hydrogens is 633 g/mol. The molecule has 17 heteroatoms. The van der Waals surface area contributed by atoms with Gasteiger partial charge >= 0.3 is 23.6 Å². The highest BCUT2D eigenvalue weighted by molar-refractivity contribution is 7.58. The monoisotopic (exact) mass is 679 g/mol. The number of ether oxygens (including phenoxy) is 4. The van der Waals surface area contributed by atoms with E-state index in [0.717, 1.165) is 0 Å². The van der Waals surface area contributed by atoms with Crippen LogP contribution in [0.4, 0.5) is 5.82 Å². The zero-order valence-electron chi connectivity index (χ0n) is 28.3. The minimum atomic E-state index is -4.15. The summed E-state index contributed by atoms with van der Waals surface area (Å²) < 4.78 is 37.2. The van der Waals surface area contributed by atoms with Crippen LogP contribution in [0.25, 0.3) is 11.2 Å². The number of carbonyl (C=O) groups excluding carboxylic acids is 2. The number of fused-ring (bicyclic) bond motifs is 1. The van der Waals surface area contributed by atoms with Gasteiger partial charge in [0.25, 0.3) is 0 Å². The second-order valence-electron chi connectivity index (χ2n) is 13.0. The van der Waals surface area contributed by atoms with Crippen molar-refractivity contribution in [2.45, 2.75) is 91.4 Å². The first-order valence-electron chi connectivity index (χ1n) is 15.0. The number of hydrogen-bond donors (Lipinski definition) is 4. The Morgan fingerprint density at radius 1 is 1.06 bits per heavy atom. The highest BCUT2D eigenvalue weighted by Crippen LogP contribution is 2.50. The number of aromatic nitrogens is 4. The summed E-state index contributed by atoms with van der Waals surface area (Å²) in [7, 11) is -2.63. The third-order valence-corrected chi connectivity index (χ3v) is 9.05. The molecule has 0 amide bonds. The van der Waals surface area contributed by atoms with Crippen LogP contribution in [0.1, 0.15) is 66.5 Å². The zero-order chi connectivity index (χ0) is 35.3. The van der Waals surface area contributed by atoms with Gasteiger partial charge in [-0.3, -0.25) is 18.7 Å². The van der Waals surface area contributed by atoms with Gasteiger partial charge in [0, 0.05) is 7.11 Å². The Morgan fingerprint density at radius 3 is 2.30 bits per heavy atom. The Balaban J connectivity index is 1.96.